The summed E-state index contributed by atoms with van der Waals surface area (Å²) in [7, 11) is 0. The summed E-state index contributed by atoms with van der Waals surface area (Å²) in [6.07, 6.45) is 11.8. The van der Waals surface area contributed by atoms with E-state index in [9.17, 15) is 40.2 Å². The summed E-state index contributed by atoms with van der Waals surface area (Å²) in [6.45, 7) is 8.48. The molecular weight excluding hydrogens is 987 g/mol. The van der Waals surface area contributed by atoms with Crippen molar-refractivity contribution in [2.75, 3.05) is 19.7 Å². The van der Waals surface area contributed by atoms with E-state index in [1.807, 2.05) is 25.4 Å². The second-order valence-electron chi connectivity index (χ2n) is 26.8. The number of hydrogen-bond donors (Lipinski definition) is 10. The molecule has 1 aromatic carbocycles. The number of aromatic hydroxyl groups is 1. The van der Waals surface area contributed by atoms with Gasteiger partial charge in [0.05, 0.1) is 53.8 Å². The van der Waals surface area contributed by atoms with E-state index in [0.717, 1.165) is 36.8 Å². The molecular formula is C63H85N5O10. The molecule has 9 aliphatic rings. The molecule has 1 spiro atoms. The second kappa shape index (κ2) is 20.2. The fourth-order valence-electron chi connectivity index (χ4n) is 19.2. The van der Waals surface area contributed by atoms with Crippen LogP contribution in [0.1, 0.15) is 147 Å². The Morgan fingerprint density at radius 2 is 1.72 bits per heavy atom. The largest absolute Gasteiger partial charge is 0.508 e. The fraction of sp³-hybridized carbons (Fsp3) is 0.683. The number of hydrogen-bond acceptors (Lipinski definition) is 12. The van der Waals surface area contributed by atoms with Gasteiger partial charge in [0.1, 0.15) is 5.75 Å². The standard InChI is InChI=1S/C63H85N5O10/c1-35-8-12-38-13-17-45-36(2)28-62(76)22-21-60(45,47(38)26-35)29-39(44-34-78-56(74)51(44)41-19-24-66-32-41)6-5-7-40-30-63(77)52-46(18-20-61(63,23-25-67-57(64)65)55(40)59(62,4)75)58(3)31-50(72)49(71)27-48(58)54(73)53(52)68-33-43(70)16-11-37-9-14-42(69)15-10-37/h9-10,13-15,19,24,32,35-36,39-40,44-51,55,66,68-69,71-72,75-77H,7-8,11-12,16-18,20-23,25-31,33-34H2,1-4H3,(H4,64,65,67). The Morgan fingerprint density at radius 3 is 2.46 bits per heavy atom. The van der Waals surface area contributed by atoms with Gasteiger partial charge >= 0.3 is 5.97 Å². The SMILES string of the molecule is CC1CCC2=CCC3C(C)CC4(O)CCC3(CC(C3COC(=O)C3c3cc[nH]c3)C#CCC3CC5(O)C6=C(NCC(=O)CCc7ccc(O)cc7)C(=O)C7CC(O)C(O)CC7(C)C6CCC5(CCN=C(N)N)C3C4(C)O)C2C1. The summed E-state index contributed by atoms with van der Waals surface area (Å²) >= 11 is 0. The number of H-pyrrole nitrogens is 1. The van der Waals surface area contributed by atoms with Crippen LogP contribution in [0.5, 0.6) is 5.75 Å². The van der Waals surface area contributed by atoms with E-state index in [0.29, 0.717) is 56.4 Å². The molecule has 422 valence electrons. The number of Topliss-reactive ketones (excluding diaryl/α,β-unsaturated/α-hetero) is 2. The van der Waals surface area contributed by atoms with E-state index in [1.165, 1.54) is 5.57 Å². The third-order valence-electron chi connectivity index (χ3n) is 22.9. The molecule has 78 heavy (non-hydrogen) atoms. The summed E-state index contributed by atoms with van der Waals surface area (Å²) in [6, 6.07) is 8.64. The van der Waals surface area contributed by atoms with Crippen LogP contribution in [-0.4, -0.2) is 108 Å². The van der Waals surface area contributed by atoms with Crippen LogP contribution in [0.3, 0.4) is 0 Å². The predicted octanol–water partition coefficient (Wildman–Crippen LogP) is 6.25. The van der Waals surface area contributed by atoms with Gasteiger partial charge in [-0.25, -0.2) is 0 Å². The molecule has 11 rings (SSSR count). The van der Waals surface area contributed by atoms with E-state index < -0.39 is 69.4 Å². The predicted molar refractivity (Wildman–Crippen MR) is 294 cm³/mol. The number of nitrogens with two attached hydrogens (primary N) is 2. The zero-order valence-electron chi connectivity index (χ0n) is 46.2. The number of esters is 1. The molecule has 19 unspecified atom stereocenters. The molecule has 1 aromatic heterocycles. The highest BCUT2D eigenvalue weighted by atomic mass is 16.5. The number of guanidine groups is 1. The maximum Gasteiger partial charge on any atom is 0.313 e. The van der Waals surface area contributed by atoms with Crippen LogP contribution in [0.15, 0.2) is 70.6 Å². The van der Waals surface area contributed by atoms with Crippen molar-refractivity contribution in [3.05, 3.63) is 76.8 Å². The number of aliphatic imine (C=N–C) groups is 1. The summed E-state index contributed by atoms with van der Waals surface area (Å²) in [5.41, 5.74) is 8.11. The number of benzene rings is 1. The first-order valence-electron chi connectivity index (χ1n) is 29.4. The van der Waals surface area contributed by atoms with Crippen molar-refractivity contribution in [3.63, 3.8) is 0 Å². The topological polar surface area (TPSA) is 274 Å². The van der Waals surface area contributed by atoms with Crippen molar-refractivity contribution >= 4 is 23.5 Å². The second-order valence-corrected chi connectivity index (χ2v) is 26.8. The van der Waals surface area contributed by atoms with Gasteiger partial charge in [0, 0.05) is 60.9 Å². The number of aryl methyl sites for hydroxylation is 1. The number of phenolic OH excluding ortho intramolecular Hbond substituents is 1. The first-order chi connectivity index (χ1) is 37.1. The van der Waals surface area contributed by atoms with E-state index in [-0.39, 0.29) is 128 Å². The third-order valence-corrected chi connectivity index (χ3v) is 22.9. The van der Waals surface area contributed by atoms with Crippen molar-refractivity contribution in [3.8, 4) is 17.6 Å². The molecule has 2 aromatic rings. The van der Waals surface area contributed by atoms with Crippen LogP contribution >= 0.6 is 0 Å². The molecule has 2 bridgehead atoms. The summed E-state index contributed by atoms with van der Waals surface area (Å²) in [4.78, 5) is 51.1. The van der Waals surface area contributed by atoms with E-state index in [4.69, 9.17) is 16.2 Å². The molecule has 2 heterocycles. The van der Waals surface area contributed by atoms with Crippen LogP contribution in [0.4, 0.5) is 0 Å². The number of aromatic nitrogens is 1. The Balaban J connectivity index is 1.08. The smallest absolute Gasteiger partial charge is 0.313 e. The summed E-state index contributed by atoms with van der Waals surface area (Å²) in [5, 5.41) is 78.8. The van der Waals surface area contributed by atoms with Crippen molar-refractivity contribution < 1.29 is 49.8 Å². The number of aliphatic hydroxyl groups excluding tert-OH is 2. The molecule has 19 atom stereocenters. The molecule has 15 heteroatoms. The molecule has 1 aliphatic heterocycles. The normalized spacial score (nSPS) is 43.8. The van der Waals surface area contributed by atoms with Crippen molar-refractivity contribution in [2.45, 2.75) is 172 Å². The van der Waals surface area contributed by atoms with Crippen molar-refractivity contribution in [1.29, 1.82) is 0 Å². The number of fused-ring (bicyclic) bond motifs is 10. The van der Waals surface area contributed by atoms with Gasteiger partial charge in [-0.05, 0) is 184 Å². The van der Waals surface area contributed by atoms with Crippen LogP contribution in [0, 0.1) is 87.3 Å². The van der Waals surface area contributed by atoms with Gasteiger partial charge in [-0.2, -0.15) is 0 Å². The van der Waals surface area contributed by atoms with Gasteiger partial charge in [-0.15, -0.1) is 5.92 Å². The highest BCUT2D eigenvalue weighted by molar-refractivity contribution is 6.00. The number of nitrogens with zero attached hydrogens (tertiary/aromatic N) is 1. The van der Waals surface area contributed by atoms with Crippen LogP contribution in [-0.2, 0) is 25.5 Å². The third kappa shape index (κ3) is 8.79. The maximum atomic E-state index is 15.6. The molecule has 0 radical (unpaired) electrons. The van der Waals surface area contributed by atoms with Crippen LogP contribution in [0.25, 0.3) is 0 Å². The number of cyclic esters (lactones) is 1. The average Bonchev–Trinajstić information content (AvgIpc) is 2.52. The molecule has 15 nitrogen and oxygen atoms in total. The molecule has 8 aliphatic carbocycles. The van der Waals surface area contributed by atoms with E-state index >= 15 is 4.79 Å². The zero-order valence-corrected chi connectivity index (χ0v) is 46.2. The van der Waals surface area contributed by atoms with E-state index in [1.54, 1.807) is 31.2 Å². The number of ketones is 2. The molecule has 6 fully saturated rings. The fourth-order valence-corrected chi connectivity index (χ4v) is 19.2. The van der Waals surface area contributed by atoms with Crippen LogP contribution in [0.2, 0.25) is 0 Å². The van der Waals surface area contributed by atoms with Crippen LogP contribution < -0.4 is 16.8 Å². The monoisotopic (exact) mass is 1070 g/mol. The number of carbonyl (C=O) groups excluding carboxylic acids is 3. The summed E-state index contributed by atoms with van der Waals surface area (Å²) in [5.74, 6) is 4.00. The molecule has 0 amide bonds. The minimum absolute atomic E-state index is 0.0120. The van der Waals surface area contributed by atoms with E-state index in [2.05, 4.69) is 47.1 Å². The lowest BCUT2D eigenvalue weighted by Crippen LogP contribution is -2.67. The van der Waals surface area contributed by atoms with Crippen molar-refractivity contribution in [1.82, 2.24) is 10.3 Å². The minimum Gasteiger partial charge on any atom is -0.508 e. The number of phenols is 1. The number of nitrogens with one attached hydrogen (secondary N) is 2. The Kier molecular flexibility index (Phi) is 14.2. The highest BCUT2D eigenvalue weighted by Crippen LogP contribution is 2.74. The van der Waals surface area contributed by atoms with Gasteiger partial charge in [0.15, 0.2) is 17.5 Å². The molecule has 5 saturated carbocycles. The first kappa shape index (κ1) is 55.0. The Hall–Kier alpha value is -4.98. The van der Waals surface area contributed by atoms with Crippen molar-refractivity contribution in [2.24, 2.45) is 91.9 Å². The Bertz CT molecular complexity index is 2810. The number of aromatic amines is 1. The average molecular weight is 1070 g/mol. The molecule has 12 N–H and O–H groups in total. The number of carbonyl (C=O) groups is 3. The van der Waals surface area contributed by atoms with Gasteiger partial charge in [-0.3, -0.25) is 19.4 Å². The number of ether oxygens (including phenoxy) is 1. The zero-order chi connectivity index (χ0) is 55.3. The summed E-state index contributed by atoms with van der Waals surface area (Å²) < 4.78 is 6.00. The Morgan fingerprint density at radius 1 is 0.936 bits per heavy atom. The van der Waals surface area contributed by atoms with Gasteiger partial charge in [-0.1, -0.05) is 50.5 Å². The number of aliphatic hydroxyl groups is 5. The molecule has 1 saturated heterocycles. The number of allylic oxidation sites excluding steroid dienone is 3. The Labute approximate surface area is 459 Å². The minimum atomic E-state index is -1.86. The lowest BCUT2D eigenvalue weighted by Gasteiger charge is -2.63. The number of rotatable bonds is 11. The van der Waals surface area contributed by atoms with Gasteiger partial charge in [0.25, 0.3) is 0 Å². The first-order valence-corrected chi connectivity index (χ1v) is 29.4. The highest BCUT2D eigenvalue weighted by Gasteiger charge is 2.76. The lowest BCUT2D eigenvalue weighted by atomic mass is 9.43. The van der Waals surface area contributed by atoms with Gasteiger partial charge in [0.2, 0.25) is 0 Å². The maximum absolute atomic E-state index is 15.6. The quantitative estimate of drug-likeness (QED) is 0.0392. The van der Waals surface area contributed by atoms with Gasteiger partial charge < -0.3 is 57.1 Å². The lowest BCUT2D eigenvalue weighted by molar-refractivity contribution is -0.227.